The molecule has 1 aromatic rings. The lowest BCUT2D eigenvalue weighted by Gasteiger charge is -2.32. The summed E-state index contributed by atoms with van der Waals surface area (Å²) < 4.78 is 5.62. The molecule has 9 heteroatoms. The molecule has 4 N–H and O–H groups in total. The van der Waals surface area contributed by atoms with E-state index in [2.05, 4.69) is 10.6 Å². The SMILES string of the molecule is CCOc1ccc(Cl)cc1CNC(=O)C1CCCN1C(=O)C(N)C1CCCCC1.O=CNC1CC1. The fourth-order valence-corrected chi connectivity index (χ4v) is 5.01. The zero-order valence-electron chi connectivity index (χ0n) is 20.6. The molecule has 4 rings (SSSR count). The summed E-state index contributed by atoms with van der Waals surface area (Å²) in [7, 11) is 0. The van der Waals surface area contributed by atoms with Crippen molar-refractivity contribution < 1.29 is 19.1 Å². The van der Waals surface area contributed by atoms with E-state index in [1.54, 1.807) is 17.0 Å². The number of hydrogen-bond donors (Lipinski definition) is 3. The smallest absolute Gasteiger partial charge is 0.243 e. The van der Waals surface area contributed by atoms with E-state index in [1.165, 1.54) is 19.3 Å². The van der Waals surface area contributed by atoms with Gasteiger partial charge in [-0.2, -0.15) is 0 Å². The minimum atomic E-state index is -0.499. The fourth-order valence-electron chi connectivity index (χ4n) is 4.82. The lowest BCUT2D eigenvalue weighted by molar-refractivity contribution is -0.140. The highest BCUT2D eigenvalue weighted by molar-refractivity contribution is 6.30. The third-order valence-corrected chi connectivity index (χ3v) is 7.17. The summed E-state index contributed by atoms with van der Waals surface area (Å²) in [5.41, 5.74) is 7.14. The first kappa shape index (κ1) is 27.3. The van der Waals surface area contributed by atoms with Crippen molar-refractivity contribution in [2.24, 2.45) is 11.7 Å². The second kappa shape index (κ2) is 13.7. The number of amides is 3. The maximum Gasteiger partial charge on any atom is 0.243 e. The van der Waals surface area contributed by atoms with Crippen LogP contribution in [-0.4, -0.2) is 54.4 Å². The summed E-state index contributed by atoms with van der Waals surface area (Å²) in [5.74, 6) is 0.720. The molecule has 0 bridgehead atoms. The summed E-state index contributed by atoms with van der Waals surface area (Å²) in [4.78, 5) is 37.1. The molecule has 3 aliphatic rings. The summed E-state index contributed by atoms with van der Waals surface area (Å²) in [5, 5.41) is 6.19. The van der Waals surface area contributed by atoms with Gasteiger partial charge in [-0.05, 0) is 69.6 Å². The van der Waals surface area contributed by atoms with Crippen LogP contribution in [0.5, 0.6) is 5.75 Å². The van der Waals surface area contributed by atoms with Gasteiger partial charge in [0.15, 0.2) is 0 Å². The Morgan fingerprint density at radius 1 is 1.17 bits per heavy atom. The molecular formula is C26H39ClN4O4. The molecule has 8 nitrogen and oxygen atoms in total. The Hall–Kier alpha value is -2.32. The van der Waals surface area contributed by atoms with Gasteiger partial charge < -0.3 is 26.0 Å². The van der Waals surface area contributed by atoms with Gasteiger partial charge in [0.05, 0.1) is 12.6 Å². The van der Waals surface area contributed by atoms with E-state index >= 15 is 0 Å². The van der Waals surface area contributed by atoms with E-state index in [9.17, 15) is 14.4 Å². The zero-order chi connectivity index (χ0) is 25.2. The third kappa shape index (κ3) is 8.10. The molecule has 3 amide bonds. The van der Waals surface area contributed by atoms with Gasteiger partial charge in [-0.1, -0.05) is 30.9 Å². The van der Waals surface area contributed by atoms with Crippen LogP contribution < -0.4 is 21.1 Å². The molecule has 35 heavy (non-hydrogen) atoms. The maximum atomic E-state index is 13.0. The predicted octanol–water partition coefficient (Wildman–Crippen LogP) is 3.15. The van der Waals surface area contributed by atoms with Gasteiger partial charge in [0.25, 0.3) is 0 Å². The van der Waals surface area contributed by atoms with Crippen LogP contribution in [-0.2, 0) is 20.9 Å². The number of benzene rings is 1. The number of likely N-dealkylation sites (tertiary alicyclic amines) is 1. The molecule has 1 saturated heterocycles. The molecule has 2 atom stereocenters. The number of rotatable bonds is 9. The molecule has 2 aliphatic carbocycles. The number of nitrogens with one attached hydrogen (secondary N) is 2. The maximum absolute atomic E-state index is 13.0. The van der Waals surface area contributed by atoms with Crippen molar-refractivity contribution in [3.05, 3.63) is 28.8 Å². The minimum absolute atomic E-state index is 0.0766. The monoisotopic (exact) mass is 506 g/mol. The highest BCUT2D eigenvalue weighted by Crippen LogP contribution is 2.28. The Labute approximate surface area is 213 Å². The van der Waals surface area contributed by atoms with Crippen LogP contribution in [0.1, 0.15) is 70.3 Å². The topological polar surface area (TPSA) is 114 Å². The van der Waals surface area contributed by atoms with Crippen LogP contribution in [0, 0.1) is 5.92 Å². The van der Waals surface area contributed by atoms with E-state index in [4.69, 9.17) is 22.1 Å². The van der Waals surface area contributed by atoms with Crippen LogP contribution in [0.3, 0.4) is 0 Å². The van der Waals surface area contributed by atoms with Crippen molar-refractivity contribution in [3.8, 4) is 5.75 Å². The fraction of sp³-hybridized carbons (Fsp3) is 0.654. The van der Waals surface area contributed by atoms with Gasteiger partial charge in [0.1, 0.15) is 11.8 Å². The van der Waals surface area contributed by atoms with Crippen molar-refractivity contribution in [3.63, 3.8) is 0 Å². The summed E-state index contributed by atoms with van der Waals surface area (Å²) in [6.07, 6.45) is 10.1. The van der Waals surface area contributed by atoms with E-state index in [1.807, 2.05) is 13.0 Å². The van der Waals surface area contributed by atoms with Gasteiger partial charge in [-0.3, -0.25) is 14.4 Å². The Morgan fingerprint density at radius 3 is 2.54 bits per heavy atom. The van der Waals surface area contributed by atoms with Crippen molar-refractivity contribution >= 4 is 29.8 Å². The molecule has 3 fully saturated rings. The largest absolute Gasteiger partial charge is 0.494 e. The molecule has 1 aliphatic heterocycles. The van der Waals surface area contributed by atoms with Crippen LogP contribution >= 0.6 is 11.6 Å². The summed E-state index contributed by atoms with van der Waals surface area (Å²) in [6, 6.07) is 4.95. The Balaban J connectivity index is 0.000000497. The Morgan fingerprint density at radius 2 is 1.91 bits per heavy atom. The molecule has 2 saturated carbocycles. The number of halogens is 1. The molecule has 1 heterocycles. The summed E-state index contributed by atoms with van der Waals surface area (Å²) in [6.45, 7) is 3.35. The quantitative estimate of drug-likeness (QED) is 0.445. The number of nitrogens with zero attached hydrogens (tertiary/aromatic N) is 1. The van der Waals surface area contributed by atoms with Crippen LogP contribution in [0.2, 0.25) is 5.02 Å². The molecule has 0 aromatic heterocycles. The highest BCUT2D eigenvalue weighted by atomic mass is 35.5. The van der Waals surface area contributed by atoms with E-state index in [-0.39, 0.29) is 17.7 Å². The average Bonchev–Trinajstić information content (AvgIpc) is 3.56. The number of nitrogens with two attached hydrogens (primary N) is 1. The molecule has 1 aromatic carbocycles. The van der Waals surface area contributed by atoms with Crippen molar-refractivity contribution in [1.82, 2.24) is 15.5 Å². The van der Waals surface area contributed by atoms with Crippen molar-refractivity contribution in [2.45, 2.75) is 89.4 Å². The standard InChI is InChI=1S/C22H32ClN3O3.C4H7NO/c1-2-29-19-11-10-17(23)13-16(19)14-25-21(27)18-9-6-12-26(18)22(28)20(24)15-7-4-3-5-8-15;6-3-5-4-1-2-4/h10-11,13,15,18,20H,2-9,12,14,24H2,1H3,(H,25,27);3-4H,1-2H2,(H,5,6). The number of ether oxygens (including phenoxy) is 1. The molecule has 0 spiro atoms. The number of carbonyl (C=O) groups excluding carboxylic acids is 3. The van der Waals surface area contributed by atoms with Crippen LogP contribution in [0.15, 0.2) is 18.2 Å². The first-order valence-electron chi connectivity index (χ1n) is 12.9. The predicted molar refractivity (Wildman–Crippen MR) is 136 cm³/mol. The van der Waals surface area contributed by atoms with Crippen LogP contribution in [0.25, 0.3) is 0 Å². The lowest BCUT2D eigenvalue weighted by Crippen LogP contribution is -2.53. The van der Waals surface area contributed by atoms with E-state index < -0.39 is 12.1 Å². The normalized spacial score (nSPS) is 20.9. The van der Waals surface area contributed by atoms with E-state index in [0.717, 1.165) is 44.1 Å². The molecular weight excluding hydrogens is 468 g/mol. The van der Waals surface area contributed by atoms with Gasteiger partial charge in [0.2, 0.25) is 18.2 Å². The lowest BCUT2D eigenvalue weighted by atomic mass is 9.83. The summed E-state index contributed by atoms with van der Waals surface area (Å²) >= 11 is 6.10. The minimum Gasteiger partial charge on any atom is -0.494 e. The van der Waals surface area contributed by atoms with Gasteiger partial charge >= 0.3 is 0 Å². The zero-order valence-corrected chi connectivity index (χ0v) is 21.4. The van der Waals surface area contributed by atoms with Crippen molar-refractivity contribution in [1.29, 1.82) is 0 Å². The number of carbonyl (C=O) groups is 3. The third-order valence-electron chi connectivity index (χ3n) is 6.94. The van der Waals surface area contributed by atoms with Gasteiger partial charge in [-0.25, -0.2) is 0 Å². The molecule has 194 valence electrons. The highest BCUT2D eigenvalue weighted by Gasteiger charge is 2.38. The second-order valence-electron chi connectivity index (χ2n) is 9.58. The molecule has 2 unspecified atom stereocenters. The Kier molecular flexibility index (Phi) is 10.7. The molecule has 0 radical (unpaired) electrons. The van der Waals surface area contributed by atoms with Gasteiger partial charge in [-0.15, -0.1) is 0 Å². The first-order valence-corrected chi connectivity index (χ1v) is 13.3. The van der Waals surface area contributed by atoms with Gasteiger partial charge in [0, 0.05) is 29.7 Å². The van der Waals surface area contributed by atoms with Crippen LogP contribution in [0.4, 0.5) is 0 Å². The first-order chi connectivity index (χ1) is 16.9. The number of hydrogen-bond acceptors (Lipinski definition) is 5. The second-order valence-corrected chi connectivity index (χ2v) is 10.0. The van der Waals surface area contributed by atoms with E-state index in [0.29, 0.717) is 42.9 Å². The van der Waals surface area contributed by atoms with Crippen molar-refractivity contribution in [2.75, 3.05) is 13.2 Å². The average molecular weight is 507 g/mol. The Bertz CT molecular complexity index is 858.